The summed E-state index contributed by atoms with van der Waals surface area (Å²) < 4.78 is 2.35. The van der Waals surface area contributed by atoms with E-state index in [0.29, 0.717) is 0 Å². The van der Waals surface area contributed by atoms with Gasteiger partial charge in [0.05, 0.1) is 0 Å². The molecule has 2 heterocycles. The van der Waals surface area contributed by atoms with E-state index < -0.39 is 0 Å². The van der Waals surface area contributed by atoms with Crippen molar-refractivity contribution in [2.24, 2.45) is 0 Å². The third kappa shape index (κ3) is 1.57. The molecule has 1 aliphatic heterocycles. The molecule has 0 radical (unpaired) electrons. The molecule has 2 nitrogen and oxygen atoms in total. The molecular weight excluding hydrogens is 184 g/mol. The van der Waals surface area contributed by atoms with Crippen LogP contribution < -0.4 is 5.32 Å². The van der Waals surface area contributed by atoms with E-state index in [2.05, 4.69) is 52.5 Å². The Kier molecular flexibility index (Phi) is 2.07. The van der Waals surface area contributed by atoms with Crippen molar-refractivity contribution in [1.82, 2.24) is 9.88 Å². The van der Waals surface area contributed by atoms with Gasteiger partial charge in [-0.05, 0) is 17.2 Å². The van der Waals surface area contributed by atoms with Crippen molar-refractivity contribution in [2.75, 3.05) is 6.54 Å². The number of nitrogens with zero attached hydrogens (tertiary/aromatic N) is 1. The zero-order valence-corrected chi connectivity index (χ0v) is 8.61. The fourth-order valence-electron chi connectivity index (χ4n) is 2.12. The van der Waals surface area contributed by atoms with Gasteiger partial charge >= 0.3 is 0 Å². The van der Waals surface area contributed by atoms with Crippen molar-refractivity contribution in [1.29, 1.82) is 0 Å². The molecule has 1 N–H and O–H groups in total. The van der Waals surface area contributed by atoms with Crippen LogP contribution in [-0.4, -0.2) is 11.1 Å². The summed E-state index contributed by atoms with van der Waals surface area (Å²) >= 11 is 0. The fraction of sp³-hybridized carbons (Fsp3) is 0.231. The molecule has 2 heteroatoms. The Hall–Kier alpha value is -1.54. The van der Waals surface area contributed by atoms with Gasteiger partial charge in [-0.2, -0.15) is 0 Å². The van der Waals surface area contributed by atoms with Crippen molar-refractivity contribution in [2.45, 2.75) is 13.1 Å². The largest absolute Gasteiger partial charge is 0.348 e. The quantitative estimate of drug-likeness (QED) is 0.743. The number of benzene rings is 1. The molecule has 0 amide bonds. The van der Waals surface area contributed by atoms with E-state index in [1.807, 2.05) is 0 Å². The maximum Gasteiger partial charge on any atom is 0.0360 e. The molecule has 3 rings (SSSR count). The Balaban J connectivity index is 2.03. The van der Waals surface area contributed by atoms with Gasteiger partial charge in [0.1, 0.15) is 0 Å². The minimum Gasteiger partial charge on any atom is -0.348 e. The first-order valence-electron chi connectivity index (χ1n) is 5.39. The van der Waals surface area contributed by atoms with Crippen LogP contribution in [0.5, 0.6) is 0 Å². The molecule has 15 heavy (non-hydrogen) atoms. The Bertz CT molecular complexity index is 433. The average Bonchev–Trinajstić information content (AvgIpc) is 2.74. The molecule has 2 aromatic rings. The maximum absolute atomic E-state index is 3.38. The van der Waals surface area contributed by atoms with Gasteiger partial charge in [0.25, 0.3) is 0 Å². The van der Waals surface area contributed by atoms with Gasteiger partial charge in [-0.1, -0.05) is 30.3 Å². The predicted octanol–water partition coefficient (Wildman–Crippen LogP) is 2.26. The number of rotatable bonds is 1. The van der Waals surface area contributed by atoms with Crippen molar-refractivity contribution in [3.05, 3.63) is 48.3 Å². The zero-order valence-electron chi connectivity index (χ0n) is 8.61. The van der Waals surface area contributed by atoms with Crippen LogP contribution in [0.2, 0.25) is 0 Å². The Morgan fingerprint density at radius 3 is 2.73 bits per heavy atom. The van der Waals surface area contributed by atoms with E-state index in [9.17, 15) is 0 Å². The van der Waals surface area contributed by atoms with Gasteiger partial charge < -0.3 is 9.88 Å². The molecule has 0 saturated heterocycles. The SMILES string of the molecule is c1ccc(-c2cc3n(c2)CCNC3)cc1. The highest BCUT2D eigenvalue weighted by Gasteiger charge is 2.10. The normalized spacial score (nSPS) is 14.9. The van der Waals surface area contributed by atoms with Crippen molar-refractivity contribution in [3.63, 3.8) is 0 Å². The standard InChI is InChI=1S/C13H14N2/c1-2-4-11(5-3-1)12-8-13-9-14-6-7-15(13)10-12/h1-5,8,10,14H,6-7,9H2. The zero-order chi connectivity index (χ0) is 10.1. The van der Waals surface area contributed by atoms with E-state index in [-0.39, 0.29) is 0 Å². The Morgan fingerprint density at radius 1 is 1.07 bits per heavy atom. The van der Waals surface area contributed by atoms with Crippen molar-refractivity contribution >= 4 is 0 Å². The van der Waals surface area contributed by atoms with Gasteiger partial charge in [0, 0.05) is 31.5 Å². The lowest BCUT2D eigenvalue weighted by Gasteiger charge is -2.15. The lowest BCUT2D eigenvalue weighted by molar-refractivity contribution is 0.517. The summed E-state index contributed by atoms with van der Waals surface area (Å²) in [5, 5.41) is 3.38. The summed E-state index contributed by atoms with van der Waals surface area (Å²) in [6, 6.07) is 12.8. The summed E-state index contributed by atoms with van der Waals surface area (Å²) in [4.78, 5) is 0. The van der Waals surface area contributed by atoms with Gasteiger partial charge in [-0.3, -0.25) is 0 Å². The number of hydrogen-bond acceptors (Lipinski definition) is 1. The fourth-order valence-corrected chi connectivity index (χ4v) is 2.12. The number of nitrogens with one attached hydrogen (secondary N) is 1. The van der Waals surface area contributed by atoms with Crippen LogP contribution in [0.3, 0.4) is 0 Å². The number of fused-ring (bicyclic) bond motifs is 1. The molecule has 1 aliphatic rings. The van der Waals surface area contributed by atoms with E-state index >= 15 is 0 Å². The van der Waals surface area contributed by atoms with Gasteiger partial charge in [-0.15, -0.1) is 0 Å². The summed E-state index contributed by atoms with van der Waals surface area (Å²) in [7, 11) is 0. The van der Waals surface area contributed by atoms with Crippen LogP contribution >= 0.6 is 0 Å². The summed E-state index contributed by atoms with van der Waals surface area (Å²) in [5.74, 6) is 0. The highest BCUT2D eigenvalue weighted by molar-refractivity contribution is 5.63. The first-order valence-corrected chi connectivity index (χ1v) is 5.39. The topological polar surface area (TPSA) is 17.0 Å². The molecule has 1 aromatic carbocycles. The van der Waals surface area contributed by atoms with Gasteiger partial charge in [0.15, 0.2) is 0 Å². The third-order valence-electron chi connectivity index (χ3n) is 2.93. The molecule has 0 aliphatic carbocycles. The second kappa shape index (κ2) is 3.55. The summed E-state index contributed by atoms with van der Waals surface area (Å²) in [6.45, 7) is 3.16. The van der Waals surface area contributed by atoms with Crippen molar-refractivity contribution < 1.29 is 0 Å². The summed E-state index contributed by atoms with van der Waals surface area (Å²) in [5.41, 5.74) is 4.02. The molecule has 0 spiro atoms. The number of aromatic nitrogens is 1. The monoisotopic (exact) mass is 198 g/mol. The van der Waals surface area contributed by atoms with E-state index in [1.54, 1.807) is 0 Å². The smallest absolute Gasteiger partial charge is 0.0360 e. The molecule has 0 bridgehead atoms. The minimum absolute atomic E-state index is 0.993. The Morgan fingerprint density at radius 2 is 1.93 bits per heavy atom. The molecule has 0 atom stereocenters. The van der Waals surface area contributed by atoms with Gasteiger partial charge in [0.2, 0.25) is 0 Å². The minimum atomic E-state index is 0.993. The molecular formula is C13H14N2. The van der Waals surface area contributed by atoms with Crippen molar-refractivity contribution in [3.8, 4) is 11.1 Å². The summed E-state index contributed by atoms with van der Waals surface area (Å²) in [6.07, 6.45) is 2.26. The molecule has 76 valence electrons. The van der Waals surface area contributed by atoms with Crippen LogP contribution in [0.4, 0.5) is 0 Å². The first kappa shape index (κ1) is 8.74. The second-order valence-corrected chi connectivity index (χ2v) is 3.96. The molecule has 0 saturated carbocycles. The van der Waals surface area contributed by atoms with E-state index in [1.165, 1.54) is 16.8 Å². The molecule has 0 fully saturated rings. The van der Waals surface area contributed by atoms with Crippen LogP contribution in [0, 0.1) is 0 Å². The lowest BCUT2D eigenvalue weighted by Crippen LogP contribution is -2.27. The molecule has 0 unspecified atom stereocenters. The highest BCUT2D eigenvalue weighted by Crippen LogP contribution is 2.22. The first-order chi connectivity index (χ1) is 7.43. The van der Waals surface area contributed by atoms with Crippen LogP contribution in [-0.2, 0) is 13.1 Å². The van der Waals surface area contributed by atoms with Crippen LogP contribution in [0.25, 0.3) is 11.1 Å². The van der Waals surface area contributed by atoms with Crippen LogP contribution in [0.15, 0.2) is 42.6 Å². The van der Waals surface area contributed by atoms with Gasteiger partial charge in [-0.25, -0.2) is 0 Å². The maximum atomic E-state index is 3.38. The highest BCUT2D eigenvalue weighted by atomic mass is 15.1. The number of hydrogen-bond donors (Lipinski definition) is 1. The lowest BCUT2D eigenvalue weighted by atomic mass is 10.1. The van der Waals surface area contributed by atoms with E-state index in [4.69, 9.17) is 0 Å². The molecule has 1 aromatic heterocycles. The Labute approximate surface area is 89.5 Å². The second-order valence-electron chi connectivity index (χ2n) is 3.96. The average molecular weight is 198 g/mol. The van der Waals surface area contributed by atoms with Crippen LogP contribution in [0.1, 0.15) is 5.69 Å². The van der Waals surface area contributed by atoms with E-state index in [0.717, 1.165) is 19.6 Å². The predicted molar refractivity (Wildman–Crippen MR) is 61.6 cm³/mol. The third-order valence-corrected chi connectivity index (χ3v) is 2.93.